The van der Waals surface area contributed by atoms with E-state index in [1.165, 1.54) is 24.6 Å². The van der Waals surface area contributed by atoms with E-state index in [9.17, 15) is 14.9 Å². The number of anilines is 1. The number of rotatable bonds is 7. The quantitative estimate of drug-likeness (QED) is 0.234. The minimum Gasteiger partial charge on any atom is -0.465 e. The lowest BCUT2D eigenvalue weighted by Crippen LogP contribution is -2.08. The lowest BCUT2D eigenvalue weighted by atomic mass is 10.0. The highest BCUT2D eigenvalue weighted by Gasteiger charge is 2.26. The van der Waals surface area contributed by atoms with Gasteiger partial charge >= 0.3 is 11.9 Å². The molecule has 176 valence electrons. The van der Waals surface area contributed by atoms with Crippen LogP contribution in [0.2, 0.25) is 0 Å². The maximum absolute atomic E-state index is 12.6. The molecular formula is C26H21N3O4S2. The van der Waals surface area contributed by atoms with Crippen molar-refractivity contribution in [3.8, 4) is 17.3 Å². The molecule has 0 aliphatic carbocycles. The summed E-state index contributed by atoms with van der Waals surface area (Å²) in [5.41, 5.74) is 2.75. The molecule has 7 nitrogen and oxygen atoms in total. The van der Waals surface area contributed by atoms with Crippen molar-refractivity contribution >= 4 is 56.0 Å². The maximum Gasteiger partial charge on any atom is 0.348 e. The first kappa shape index (κ1) is 24.1. The number of nitriles is 1. The molecule has 2 aromatic carbocycles. The van der Waals surface area contributed by atoms with Gasteiger partial charge < -0.3 is 14.8 Å². The Balaban J connectivity index is 1.68. The Bertz CT molecular complexity index is 1490. The normalized spacial score (nSPS) is 11.2. The fourth-order valence-electron chi connectivity index (χ4n) is 3.60. The molecule has 0 amide bonds. The van der Waals surface area contributed by atoms with Crippen LogP contribution in [0.15, 0.2) is 54.0 Å². The predicted molar refractivity (Wildman–Crippen MR) is 139 cm³/mol. The smallest absolute Gasteiger partial charge is 0.348 e. The first-order valence-corrected chi connectivity index (χ1v) is 12.4. The molecule has 9 heteroatoms. The average Bonchev–Trinajstić information content (AvgIpc) is 3.49. The lowest BCUT2D eigenvalue weighted by molar-refractivity contribution is 0.0527. The fraction of sp³-hybridized carbons (Fsp3) is 0.154. The molecule has 0 saturated carbocycles. The third kappa shape index (κ3) is 4.80. The first-order valence-electron chi connectivity index (χ1n) is 10.7. The summed E-state index contributed by atoms with van der Waals surface area (Å²) in [7, 11) is 1.28. The second kappa shape index (κ2) is 10.5. The highest BCUT2D eigenvalue weighted by molar-refractivity contribution is 7.18. The molecule has 0 saturated heterocycles. The zero-order valence-electron chi connectivity index (χ0n) is 19.2. The van der Waals surface area contributed by atoms with Crippen molar-refractivity contribution in [2.24, 2.45) is 0 Å². The Labute approximate surface area is 210 Å². The van der Waals surface area contributed by atoms with Gasteiger partial charge in [-0.15, -0.1) is 22.7 Å². The number of methoxy groups -OCH3 is 1. The van der Waals surface area contributed by atoms with Crippen molar-refractivity contribution in [2.75, 3.05) is 19.0 Å². The number of esters is 2. The minimum atomic E-state index is -0.557. The van der Waals surface area contributed by atoms with Crippen LogP contribution >= 0.6 is 22.7 Å². The number of nitrogens with one attached hydrogen (secondary N) is 1. The van der Waals surface area contributed by atoms with E-state index >= 15 is 0 Å². The number of nitrogens with zero attached hydrogens (tertiary/aromatic N) is 2. The van der Waals surface area contributed by atoms with E-state index in [4.69, 9.17) is 14.5 Å². The maximum atomic E-state index is 12.6. The second-order valence-electron chi connectivity index (χ2n) is 7.35. The molecule has 4 aromatic rings. The first-order chi connectivity index (χ1) is 17.0. The summed E-state index contributed by atoms with van der Waals surface area (Å²) in [6, 6.07) is 16.3. The number of aromatic nitrogens is 1. The second-order valence-corrected chi connectivity index (χ2v) is 9.23. The van der Waals surface area contributed by atoms with E-state index in [1.54, 1.807) is 13.8 Å². The molecule has 0 aliphatic rings. The summed E-state index contributed by atoms with van der Waals surface area (Å²) in [6.45, 7) is 3.56. The van der Waals surface area contributed by atoms with Gasteiger partial charge in [-0.1, -0.05) is 42.5 Å². The highest BCUT2D eigenvalue weighted by Crippen LogP contribution is 2.35. The number of carbonyl (C=O) groups is 2. The molecule has 2 aromatic heterocycles. The topological polar surface area (TPSA) is 101 Å². The number of allylic oxidation sites excluding steroid dienone is 1. The molecule has 0 fully saturated rings. The van der Waals surface area contributed by atoms with Crippen molar-refractivity contribution in [3.05, 3.63) is 75.1 Å². The van der Waals surface area contributed by atoms with Gasteiger partial charge in [-0.05, 0) is 30.2 Å². The molecule has 0 aliphatic heterocycles. The number of carbonyl (C=O) groups excluding carboxylic acids is 2. The Morgan fingerprint density at radius 1 is 1.17 bits per heavy atom. The van der Waals surface area contributed by atoms with Gasteiger partial charge in [0.15, 0.2) is 0 Å². The van der Waals surface area contributed by atoms with Gasteiger partial charge in [0.1, 0.15) is 26.5 Å². The number of ether oxygens (including phenoxy) is 2. The van der Waals surface area contributed by atoms with E-state index in [0.717, 1.165) is 33.4 Å². The Morgan fingerprint density at radius 3 is 2.69 bits per heavy atom. The van der Waals surface area contributed by atoms with Crippen molar-refractivity contribution in [3.63, 3.8) is 0 Å². The van der Waals surface area contributed by atoms with E-state index in [2.05, 4.69) is 11.4 Å². The number of hydrogen-bond acceptors (Lipinski definition) is 9. The van der Waals surface area contributed by atoms with Crippen molar-refractivity contribution < 1.29 is 19.1 Å². The van der Waals surface area contributed by atoms with Gasteiger partial charge in [0.05, 0.1) is 25.0 Å². The van der Waals surface area contributed by atoms with Crippen LogP contribution in [0.3, 0.4) is 0 Å². The van der Waals surface area contributed by atoms with Crippen molar-refractivity contribution in [1.29, 1.82) is 5.26 Å². The van der Waals surface area contributed by atoms with Gasteiger partial charge in [0, 0.05) is 17.1 Å². The van der Waals surface area contributed by atoms with Gasteiger partial charge in [-0.2, -0.15) is 5.26 Å². The van der Waals surface area contributed by atoms with E-state index in [0.29, 0.717) is 21.1 Å². The van der Waals surface area contributed by atoms with E-state index in [1.807, 2.05) is 47.8 Å². The van der Waals surface area contributed by atoms with Crippen LogP contribution in [0.1, 0.15) is 37.5 Å². The van der Waals surface area contributed by atoms with E-state index < -0.39 is 11.9 Å². The van der Waals surface area contributed by atoms with Crippen LogP contribution in [-0.4, -0.2) is 30.6 Å². The fourth-order valence-corrected chi connectivity index (χ4v) is 5.47. The Hall–Kier alpha value is -4.00. The summed E-state index contributed by atoms with van der Waals surface area (Å²) >= 11 is 2.42. The molecule has 35 heavy (non-hydrogen) atoms. The molecule has 0 spiro atoms. The molecule has 4 rings (SSSR count). The average molecular weight is 504 g/mol. The highest BCUT2D eigenvalue weighted by atomic mass is 32.1. The van der Waals surface area contributed by atoms with Crippen LogP contribution in [-0.2, 0) is 9.47 Å². The molecular weight excluding hydrogens is 482 g/mol. The van der Waals surface area contributed by atoms with Gasteiger partial charge in [0.25, 0.3) is 0 Å². The predicted octanol–water partition coefficient (Wildman–Crippen LogP) is 6.27. The largest absolute Gasteiger partial charge is 0.465 e. The third-order valence-corrected chi connectivity index (χ3v) is 7.34. The summed E-state index contributed by atoms with van der Waals surface area (Å²) in [5, 5.41) is 17.8. The zero-order valence-corrected chi connectivity index (χ0v) is 20.9. The van der Waals surface area contributed by atoms with Gasteiger partial charge in [-0.25, -0.2) is 14.6 Å². The zero-order chi connectivity index (χ0) is 24.9. The van der Waals surface area contributed by atoms with E-state index in [-0.39, 0.29) is 17.0 Å². The lowest BCUT2D eigenvalue weighted by Gasteiger charge is -2.05. The van der Waals surface area contributed by atoms with Crippen LogP contribution in [0.25, 0.3) is 27.6 Å². The third-order valence-electron chi connectivity index (χ3n) is 5.27. The monoisotopic (exact) mass is 503 g/mol. The Morgan fingerprint density at radius 2 is 1.94 bits per heavy atom. The standard InChI is InChI=1S/C26H21N3O4S2/c1-4-33-25(30)21-15(2)22(26(31)32-3)35-24(21)28-13-17(12-27)23-29-20(14-34-23)19-11-7-9-16-8-5-6-10-18(16)19/h5-11,13-14,28H,4H2,1-3H3. The molecule has 0 bridgehead atoms. The number of thiophene rings is 1. The molecule has 1 N–H and O–H groups in total. The van der Waals surface area contributed by atoms with Crippen molar-refractivity contribution in [2.45, 2.75) is 13.8 Å². The van der Waals surface area contributed by atoms with Crippen LogP contribution in [0, 0.1) is 18.3 Å². The number of fused-ring (bicyclic) bond motifs is 1. The van der Waals surface area contributed by atoms with Crippen molar-refractivity contribution in [1.82, 2.24) is 4.98 Å². The Kier molecular flexibility index (Phi) is 7.25. The molecule has 0 unspecified atom stereocenters. The summed E-state index contributed by atoms with van der Waals surface area (Å²) in [5.74, 6) is -1.10. The molecule has 2 heterocycles. The summed E-state index contributed by atoms with van der Waals surface area (Å²) in [4.78, 5) is 29.7. The number of benzene rings is 2. The molecule has 0 atom stereocenters. The SMILES string of the molecule is CCOC(=O)c1c(NC=C(C#N)c2nc(-c3cccc4ccccc34)cs2)sc(C(=O)OC)c1C. The summed E-state index contributed by atoms with van der Waals surface area (Å²) < 4.78 is 9.99. The van der Waals surface area contributed by atoms with Gasteiger partial charge in [0.2, 0.25) is 0 Å². The van der Waals surface area contributed by atoms with Gasteiger partial charge in [-0.3, -0.25) is 0 Å². The minimum absolute atomic E-state index is 0.191. The summed E-state index contributed by atoms with van der Waals surface area (Å²) in [6.07, 6.45) is 1.49. The van der Waals surface area contributed by atoms with Crippen LogP contribution in [0.4, 0.5) is 5.00 Å². The molecule has 0 radical (unpaired) electrons. The van der Waals surface area contributed by atoms with Crippen LogP contribution in [0.5, 0.6) is 0 Å². The number of thiazole rings is 1. The van der Waals surface area contributed by atoms with Crippen LogP contribution < -0.4 is 5.32 Å². The number of hydrogen-bond donors (Lipinski definition) is 1.